The lowest BCUT2D eigenvalue weighted by Crippen LogP contribution is -2.52. The second kappa shape index (κ2) is 7.97. The highest BCUT2D eigenvalue weighted by atomic mass is 79.9. The van der Waals surface area contributed by atoms with Crippen LogP contribution in [-0.4, -0.2) is 9.13 Å². The Hall–Kier alpha value is -1.92. The van der Waals surface area contributed by atoms with Gasteiger partial charge in [0.15, 0.2) is 0 Å². The van der Waals surface area contributed by atoms with E-state index in [0.717, 1.165) is 20.1 Å². The van der Waals surface area contributed by atoms with Gasteiger partial charge in [0.2, 0.25) is 0 Å². The van der Waals surface area contributed by atoms with Crippen molar-refractivity contribution in [3.63, 3.8) is 0 Å². The predicted molar refractivity (Wildman–Crippen MR) is 131 cm³/mol. The Morgan fingerprint density at radius 3 is 1.43 bits per heavy atom. The molecular weight excluding hydrogens is 508 g/mol. The fourth-order valence-corrected chi connectivity index (χ4v) is 4.11. The maximum Gasteiger partial charge on any atom is 0.332 e. The van der Waals surface area contributed by atoms with E-state index in [1.807, 2.05) is 90.1 Å². The van der Waals surface area contributed by atoms with Crippen molar-refractivity contribution in [3.05, 3.63) is 78.3 Å². The summed E-state index contributed by atoms with van der Waals surface area (Å²) in [7, 11) is 0. The van der Waals surface area contributed by atoms with Gasteiger partial charge in [-0.3, -0.25) is 13.9 Å². The number of rotatable bonds is 2. The summed E-state index contributed by atoms with van der Waals surface area (Å²) in [6.07, 6.45) is 0. The molecule has 0 aliphatic heterocycles. The summed E-state index contributed by atoms with van der Waals surface area (Å²) in [5.74, 6) is 0. The first-order valence-corrected chi connectivity index (χ1v) is 11.4. The molecule has 0 radical (unpaired) electrons. The number of aromatic nitrogens is 2. The van der Waals surface area contributed by atoms with E-state index in [9.17, 15) is 9.59 Å². The minimum absolute atomic E-state index is 0.284. The molecule has 3 aromatic rings. The topological polar surface area (TPSA) is 44.0 Å². The first kappa shape index (κ1) is 22.8. The Morgan fingerprint density at radius 2 is 1.03 bits per heavy atom. The standard InChI is InChI=1S/C24H26Br2N2O2/c1-23(2,3)27-20(16-9-13-18(26)14-10-16)19(15-7-11-17(25)12-8-15)21(29)28(22(27)30)24(4,5)6/h7-14H,1-6H3. The van der Waals surface area contributed by atoms with Gasteiger partial charge in [0.1, 0.15) is 0 Å². The maximum atomic E-state index is 13.8. The average Bonchev–Trinajstić information content (AvgIpc) is 2.60. The molecule has 0 aliphatic rings. The number of benzene rings is 2. The molecule has 1 heterocycles. The molecule has 0 N–H and O–H groups in total. The zero-order valence-corrected chi connectivity index (χ0v) is 21.3. The van der Waals surface area contributed by atoms with Crippen LogP contribution in [-0.2, 0) is 11.1 Å². The lowest BCUT2D eigenvalue weighted by atomic mass is 9.96. The molecule has 0 bridgehead atoms. The minimum Gasteiger partial charge on any atom is -0.287 e. The Kier molecular flexibility index (Phi) is 6.04. The van der Waals surface area contributed by atoms with Gasteiger partial charge in [-0.2, -0.15) is 0 Å². The second-order valence-corrected chi connectivity index (χ2v) is 11.2. The summed E-state index contributed by atoms with van der Waals surface area (Å²) in [6, 6.07) is 15.4. The van der Waals surface area contributed by atoms with E-state index in [1.165, 1.54) is 4.57 Å². The third-order valence-electron chi connectivity index (χ3n) is 4.85. The highest BCUT2D eigenvalue weighted by molar-refractivity contribution is 9.10. The molecule has 0 atom stereocenters. The average molecular weight is 534 g/mol. The molecule has 0 saturated carbocycles. The van der Waals surface area contributed by atoms with Gasteiger partial charge < -0.3 is 0 Å². The van der Waals surface area contributed by atoms with Gasteiger partial charge in [0.25, 0.3) is 5.56 Å². The second-order valence-electron chi connectivity index (χ2n) is 9.34. The predicted octanol–water partition coefficient (Wildman–Crippen LogP) is 6.38. The molecule has 0 fully saturated rings. The van der Waals surface area contributed by atoms with Gasteiger partial charge in [-0.05, 0) is 76.9 Å². The smallest absolute Gasteiger partial charge is 0.287 e. The van der Waals surface area contributed by atoms with E-state index in [0.29, 0.717) is 11.3 Å². The van der Waals surface area contributed by atoms with Gasteiger partial charge in [-0.15, -0.1) is 0 Å². The Balaban J connectivity index is 2.62. The first-order valence-electron chi connectivity index (χ1n) is 9.77. The van der Waals surface area contributed by atoms with Gasteiger partial charge in [0.05, 0.1) is 11.3 Å². The summed E-state index contributed by atoms with van der Waals surface area (Å²) in [6.45, 7) is 11.6. The molecule has 0 amide bonds. The highest BCUT2D eigenvalue weighted by Gasteiger charge is 2.31. The number of nitrogens with zero attached hydrogens (tertiary/aromatic N) is 2. The molecule has 30 heavy (non-hydrogen) atoms. The van der Waals surface area contributed by atoms with Crippen LogP contribution >= 0.6 is 31.9 Å². The van der Waals surface area contributed by atoms with Crippen molar-refractivity contribution < 1.29 is 0 Å². The molecule has 0 saturated heterocycles. The molecule has 158 valence electrons. The van der Waals surface area contributed by atoms with E-state index in [1.54, 1.807) is 4.57 Å². The van der Waals surface area contributed by atoms with Crippen molar-refractivity contribution in [2.75, 3.05) is 0 Å². The van der Waals surface area contributed by atoms with Crippen molar-refractivity contribution in [2.45, 2.75) is 52.6 Å². The lowest BCUT2D eigenvalue weighted by Gasteiger charge is -2.32. The summed E-state index contributed by atoms with van der Waals surface area (Å²) in [4.78, 5) is 27.5. The highest BCUT2D eigenvalue weighted by Crippen LogP contribution is 2.33. The van der Waals surface area contributed by atoms with Crippen LogP contribution in [0.1, 0.15) is 41.5 Å². The molecule has 0 spiro atoms. The van der Waals surface area contributed by atoms with Crippen molar-refractivity contribution in [1.82, 2.24) is 9.13 Å². The fraction of sp³-hybridized carbons (Fsp3) is 0.333. The number of halogens is 2. The fourth-order valence-electron chi connectivity index (χ4n) is 3.58. The van der Waals surface area contributed by atoms with E-state index in [2.05, 4.69) is 31.9 Å². The van der Waals surface area contributed by atoms with E-state index in [-0.39, 0.29) is 11.2 Å². The van der Waals surface area contributed by atoms with Crippen molar-refractivity contribution in [1.29, 1.82) is 0 Å². The zero-order chi connectivity index (χ0) is 22.4. The quantitative estimate of drug-likeness (QED) is 0.383. The van der Waals surface area contributed by atoms with Crippen LogP contribution in [0.15, 0.2) is 67.1 Å². The van der Waals surface area contributed by atoms with Gasteiger partial charge in [-0.25, -0.2) is 4.79 Å². The molecular formula is C24H26Br2N2O2. The molecule has 4 nitrogen and oxygen atoms in total. The van der Waals surface area contributed by atoms with Crippen LogP contribution in [0, 0.1) is 0 Å². The third-order valence-corrected chi connectivity index (χ3v) is 5.91. The third kappa shape index (κ3) is 4.26. The normalized spacial score (nSPS) is 12.3. The molecule has 6 heteroatoms. The van der Waals surface area contributed by atoms with Crippen LogP contribution < -0.4 is 11.2 Å². The zero-order valence-electron chi connectivity index (χ0n) is 18.1. The van der Waals surface area contributed by atoms with Crippen LogP contribution in [0.25, 0.3) is 22.4 Å². The van der Waals surface area contributed by atoms with Crippen LogP contribution in [0.3, 0.4) is 0 Å². The van der Waals surface area contributed by atoms with E-state index in [4.69, 9.17) is 0 Å². The van der Waals surface area contributed by atoms with Crippen LogP contribution in [0.2, 0.25) is 0 Å². The summed E-state index contributed by atoms with van der Waals surface area (Å²) >= 11 is 6.94. The summed E-state index contributed by atoms with van der Waals surface area (Å²) in [5, 5.41) is 0. The van der Waals surface area contributed by atoms with E-state index < -0.39 is 11.1 Å². The Labute approximate surface area is 193 Å². The lowest BCUT2D eigenvalue weighted by molar-refractivity contribution is 0.315. The van der Waals surface area contributed by atoms with Crippen molar-refractivity contribution >= 4 is 31.9 Å². The van der Waals surface area contributed by atoms with Gasteiger partial charge >= 0.3 is 5.69 Å². The van der Waals surface area contributed by atoms with Crippen molar-refractivity contribution in [3.8, 4) is 22.4 Å². The summed E-state index contributed by atoms with van der Waals surface area (Å²) < 4.78 is 4.99. The molecule has 1 aromatic heterocycles. The molecule has 2 aromatic carbocycles. The maximum absolute atomic E-state index is 13.8. The van der Waals surface area contributed by atoms with E-state index >= 15 is 0 Å². The number of hydrogen-bond donors (Lipinski definition) is 0. The Bertz CT molecular complexity index is 1190. The van der Waals surface area contributed by atoms with Crippen molar-refractivity contribution in [2.24, 2.45) is 0 Å². The minimum atomic E-state index is -0.663. The molecule has 0 unspecified atom stereocenters. The van der Waals surface area contributed by atoms with Crippen LogP contribution in [0.4, 0.5) is 0 Å². The Morgan fingerprint density at radius 1 is 0.633 bits per heavy atom. The SMILES string of the molecule is CC(C)(C)n1c(-c2ccc(Br)cc2)c(-c2ccc(Br)cc2)c(=O)n(C(C)(C)C)c1=O. The van der Waals surface area contributed by atoms with Gasteiger partial charge in [-0.1, -0.05) is 56.1 Å². The van der Waals surface area contributed by atoms with Crippen LogP contribution in [0.5, 0.6) is 0 Å². The monoisotopic (exact) mass is 532 g/mol. The molecule has 3 rings (SSSR count). The summed E-state index contributed by atoms with van der Waals surface area (Å²) in [5.41, 5.74) is 0.959. The van der Waals surface area contributed by atoms with Gasteiger partial charge in [0, 0.05) is 20.0 Å². The first-order chi connectivity index (χ1) is 13.8. The number of hydrogen-bond acceptors (Lipinski definition) is 2. The largest absolute Gasteiger partial charge is 0.332 e. The molecule has 0 aliphatic carbocycles.